The number of ether oxygens (including phenoxy) is 1. The van der Waals surface area contributed by atoms with Crippen molar-refractivity contribution >= 4 is 5.91 Å². The van der Waals surface area contributed by atoms with Gasteiger partial charge in [-0.1, -0.05) is 18.2 Å². The summed E-state index contributed by atoms with van der Waals surface area (Å²) in [6, 6.07) is 8.45. The van der Waals surface area contributed by atoms with E-state index in [0.717, 1.165) is 23.8 Å². The summed E-state index contributed by atoms with van der Waals surface area (Å²) in [4.78, 5) is 14.8. The van der Waals surface area contributed by atoms with Gasteiger partial charge in [-0.25, -0.2) is 0 Å². The molecule has 1 saturated carbocycles. The molecule has 4 rings (SSSR count). The van der Waals surface area contributed by atoms with Crippen molar-refractivity contribution in [1.82, 2.24) is 4.90 Å². The minimum Gasteiger partial charge on any atom is -0.492 e. The Morgan fingerprint density at radius 1 is 1.28 bits per heavy atom. The molecule has 0 radical (unpaired) electrons. The van der Waals surface area contributed by atoms with E-state index in [1.807, 2.05) is 24.3 Å². The maximum atomic E-state index is 12.6. The Labute approximate surface area is 107 Å². The molecule has 2 heterocycles. The number of hydrogen-bond acceptors (Lipinski definition) is 2. The topological polar surface area (TPSA) is 29.5 Å². The normalized spacial score (nSPS) is 32.4. The Bertz CT molecular complexity index is 499. The Kier molecular flexibility index (Phi) is 2.16. The van der Waals surface area contributed by atoms with Crippen LogP contribution < -0.4 is 4.74 Å². The van der Waals surface area contributed by atoms with Crippen LogP contribution in [0.2, 0.25) is 0 Å². The molecular weight excluding hydrogens is 226 g/mol. The molecule has 3 atom stereocenters. The highest BCUT2D eigenvalue weighted by Gasteiger charge is 2.43. The molecule has 94 valence electrons. The molecule has 2 fully saturated rings. The van der Waals surface area contributed by atoms with Crippen LogP contribution in [0, 0.1) is 5.92 Å². The number of amides is 1. The molecule has 3 nitrogen and oxygen atoms in total. The van der Waals surface area contributed by atoms with Crippen LogP contribution in [0.25, 0.3) is 0 Å². The number of benzene rings is 1. The van der Waals surface area contributed by atoms with Crippen molar-refractivity contribution in [1.29, 1.82) is 0 Å². The number of para-hydroxylation sites is 1. The molecule has 2 aliphatic heterocycles. The molecule has 0 spiro atoms. The number of nitrogens with zero attached hydrogens (tertiary/aromatic N) is 1. The van der Waals surface area contributed by atoms with Gasteiger partial charge in [-0.2, -0.15) is 0 Å². The lowest BCUT2D eigenvalue weighted by Gasteiger charge is -2.29. The van der Waals surface area contributed by atoms with Gasteiger partial charge in [0.1, 0.15) is 18.3 Å². The first-order valence-electron chi connectivity index (χ1n) is 6.85. The third-order valence-corrected chi connectivity index (χ3v) is 4.69. The van der Waals surface area contributed by atoms with Crippen molar-refractivity contribution in [3.05, 3.63) is 29.8 Å². The van der Waals surface area contributed by atoms with Crippen molar-refractivity contribution in [3.63, 3.8) is 0 Å². The van der Waals surface area contributed by atoms with E-state index in [-0.39, 0.29) is 11.8 Å². The lowest BCUT2D eigenvalue weighted by Crippen LogP contribution is -2.41. The van der Waals surface area contributed by atoms with Crippen LogP contribution in [0.1, 0.15) is 30.7 Å². The van der Waals surface area contributed by atoms with Crippen molar-refractivity contribution in [2.75, 3.05) is 13.2 Å². The maximum absolute atomic E-state index is 12.6. The number of rotatable bonds is 1. The van der Waals surface area contributed by atoms with Crippen molar-refractivity contribution in [2.45, 2.75) is 31.2 Å². The maximum Gasteiger partial charge on any atom is 0.233 e. The SMILES string of the molecule is O=C(C1COc2ccccc21)N1CC2CCC1C2. The predicted molar refractivity (Wildman–Crippen MR) is 67.5 cm³/mol. The van der Waals surface area contributed by atoms with Crippen LogP contribution in [0.3, 0.4) is 0 Å². The van der Waals surface area contributed by atoms with E-state index >= 15 is 0 Å². The summed E-state index contributed by atoms with van der Waals surface area (Å²) in [7, 11) is 0. The lowest BCUT2D eigenvalue weighted by molar-refractivity contribution is -0.134. The molecule has 1 saturated heterocycles. The summed E-state index contributed by atoms with van der Waals surface area (Å²) in [5, 5.41) is 0. The van der Waals surface area contributed by atoms with E-state index in [4.69, 9.17) is 4.74 Å². The van der Waals surface area contributed by atoms with E-state index in [1.165, 1.54) is 19.3 Å². The first kappa shape index (κ1) is 10.4. The molecule has 1 aromatic carbocycles. The zero-order chi connectivity index (χ0) is 12.1. The summed E-state index contributed by atoms with van der Waals surface area (Å²) in [6.07, 6.45) is 3.73. The van der Waals surface area contributed by atoms with Gasteiger partial charge in [0.25, 0.3) is 0 Å². The fourth-order valence-electron chi connectivity index (χ4n) is 3.76. The predicted octanol–water partition coefficient (Wildman–Crippen LogP) is 2.17. The second-order valence-electron chi connectivity index (χ2n) is 5.72. The van der Waals surface area contributed by atoms with E-state index < -0.39 is 0 Å². The average molecular weight is 243 g/mol. The van der Waals surface area contributed by atoms with Gasteiger partial charge in [-0.05, 0) is 31.2 Å². The Hall–Kier alpha value is -1.51. The summed E-state index contributed by atoms with van der Waals surface area (Å²) in [5.41, 5.74) is 1.07. The van der Waals surface area contributed by atoms with Crippen LogP contribution in [0.5, 0.6) is 5.75 Å². The van der Waals surface area contributed by atoms with Crippen LogP contribution in [-0.2, 0) is 4.79 Å². The lowest BCUT2D eigenvalue weighted by atomic mass is 9.98. The molecule has 0 aromatic heterocycles. The molecule has 1 aromatic rings. The average Bonchev–Trinajstić information content (AvgIpc) is 3.12. The van der Waals surface area contributed by atoms with E-state index in [9.17, 15) is 4.79 Å². The third-order valence-electron chi connectivity index (χ3n) is 4.69. The molecule has 1 aliphatic carbocycles. The fourth-order valence-corrected chi connectivity index (χ4v) is 3.76. The molecule has 3 aliphatic rings. The summed E-state index contributed by atoms with van der Waals surface area (Å²) >= 11 is 0. The van der Waals surface area contributed by atoms with E-state index in [2.05, 4.69) is 4.90 Å². The number of piperidine rings is 1. The summed E-state index contributed by atoms with van der Waals surface area (Å²) in [6.45, 7) is 1.49. The van der Waals surface area contributed by atoms with E-state index in [0.29, 0.717) is 12.6 Å². The Balaban J connectivity index is 1.60. The van der Waals surface area contributed by atoms with Gasteiger partial charge in [0.2, 0.25) is 5.91 Å². The smallest absolute Gasteiger partial charge is 0.233 e. The monoisotopic (exact) mass is 243 g/mol. The second kappa shape index (κ2) is 3.74. The van der Waals surface area contributed by atoms with E-state index in [1.54, 1.807) is 0 Å². The highest BCUT2D eigenvalue weighted by atomic mass is 16.5. The number of carbonyl (C=O) groups is 1. The van der Waals surface area contributed by atoms with Gasteiger partial charge in [-0.15, -0.1) is 0 Å². The summed E-state index contributed by atoms with van der Waals surface area (Å²) < 4.78 is 5.62. The molecule has 0 N–H and O–H groups in total. The van der Waals surface area contributed by atoms with Crippen molar-refractivity contribution in [3.8, 4) is 5.75 Å². The van der Waals surface area contributed by atoms with Crippen LogP contribution in [0.15, 0.2) is 24.3 Å². The highest BCUT2D eigenvalue weighted by Crippen LogP contribution is 2.41. The fraction of sp³-hybridized carbons (Fsp3) is 0.533. The standard InChI is InChI=1S/C15H17NO2/c17-15(16-8-10-5-6-11(16)7-10)13-9-18-14-4-2-1-3-12(13)14/h1-4,10-11,13H,5-9H2. The zero-order valence-electron chi connectivity index (χ0n) is 10.3. The second-order valence-corrected chi connectivity index (χ2v) is 5.72. The zero-order valence-corrected chi connectivity index (χ0v) is 10.3. The molecular formula is C15H17NO2. The van der Waals surface area contributed by atoms with Crippen molar-refractivity contribution in [2.24, 2.45) is 5.92 Å². The molecule has 18 heavy (non-hydrogen) atoms. The minimum absolute atomic E-state index is 0.0689. The largest absolute Gasteiger partial charge is 0.492 e. The Morgan fingerprint density at radius 3 is 2.94 bits per heavy atom. The van der Waals surface area contributed by atoms with Gasteiger partial charge in [0, 0.05) is 18.2 Å². The summed E-state index contributed by atoms with van der Waals surface area (Å²) in [5.74, 6) is 1.87. The number of likely N-dealkylation sites (tertiary alicyclic amines) is 1. The van der Waals surface area contributed by atoms with Crippen LogP contribution in [0.4, 0.5) is 0 Å². The first-order valence-corrected chi connectivity index (χ1v) is 6.85. The molecule has 2 bridgehead atoms. The molecule has 1 amide bonds. The molecule has 3 unspecified atom stereocenters. The van der Waals surface area contributed by atoms with Gasteiger partial charge in [-0.3, -0.25) is 4.79 Å². The number of fused-ring (bicyclic) bond motifs is 3. The van der Waals surface area contributed by atoms with Gasteiger partial charge >= 0.3 is 0 Å². The van der Waals surface area contributed by atoms with Gasteiger partial charge in [0.05, 0.1) is 0 Å². The quantitative estimate of drug-likeness (QED) is 0.756. The highest BCUT2D eigenvalue weighted by molar-refractivity contribution is 5.86. The van der Waals surface area contributed by atoms with Crippen molar-refractivity contribution < 1.29 is 9.53 Å². The van der Waals surface area contributed by atoms with Crippen LogP contribution >= 0.6 is 0 Å². The Morgan fingerprint density at radius 2 is 2.17 bits per heavy atom. The van der Waals surface area contributed by atoms with Gasteiger partial charge in [0.15, 0.2) is 0 Å². The minimum atomic E-state index is -0.0689. The van der Waals surface area contributed by atoms with Crippen LogP contribution in [-0.4, -0.2) is 30.0 Å². The first-order chi connectivity index (χ1) is 8.83. The number of hydrogen-bond donors (Lipinski definition) is 0. The number of carbonyl (C=O) groups excluding carboxylic acids is 1. The molecule has 3 heteroatoms. The third kappa shape index (κ3) is 1.39. The van der Waals surface area contributed by atoms with Gasteiger partial charge < -0.3 is 9.64 Å².